The van der Waals surface area contributed by atoms with Crippen molar-refractivity contribution in [3.05, 3.63) is 24.3 Å². The fourth-order valence-corrected chi connectivity index (χ4v) is 8.81. The summed E-state index contributed by atoms with van der Waals surface area (Å²) in [5.41, 5.74) is 0. The third-order valence-corrected chi connectivity index (χ3v) is 13.2. The number of carbonyl (C=O) groups is 2. The molecule has 0 aliphatic carbocycles. The van der Waals surface area contributed by atoms with Crippen molar-refractivity contribution in [1.82, 2.24) is 5.32 Å². The Morgan fingerprint density at radius 2 is 0.734 bits per heavy atom. The zero-order valence-corrected chi connectivity index (χ0v) is 43.0. The summed E-state index contributed by atoms with van der Waals surface area (Å²) >= 11 is 0. The van der Waals surface area contributed by atoms with Gasteiger partial charge in [0, 0.05) is 12.8 Å². The number of rotatable bonds is 53. The van der Waals surface area contributed by atoms with E-state index in [2.05, 4.69) is 31.3 Å². The zero-order valence-electron chi connectivity index (χ0n) is 43.0. The minimum absolute atomic E-state index is 0.00768. The van der Waals surface area contributed by atoms with Gasteiger partial charge >= 0.3 is 5.97 Å². The Hall–Kier alpha value is -1.66. The molecule has 0 spiro atoms. The maximum Gasteiger partial charge on any atom is 0.305 e. The third kappa shape index (κ3) is 49.8. The number of ether oxygens (including phenoxy) is 1. The molecule has 3 N–H and O–H groups in total. The van der Waals surface area contributed by atoms with Crippen molar-refractivity contribution in [3.63, 3.8) is 0 Å². The molecule has 64 heavy (non-hydrogen) atoms. The van der Waals surface area contributed by atoms with Crippen LogP contribution in [-0.2, 0) is 14.3 Å². The molecule has 0 heterocycles. The number of carbonyl (C=O) groups excluding carboxylic acids is 2. The molecule has 2 unspecified atom stereocenters. The normalized spacial score (nSPS) is 12.8. The predicted molar refractivity (Wildman–Crippen MR) is 278 cm³/mol. The van der Waals surface area contributed by atoms with Crippen molar-refractivity contribution in [2.45, 2.75) is 321 Å². The van der Waals surface area contributed by atoms with Gasteiger partial charge in [-0.25, -0.2) is 0 Å². The second-order valence-electron chi connectivity index (χ2n) is 19.6. The first-order valence-corrected chi connectivity index (χ1v) is 28.6. The standard InChI is InChI=1S/C58H111NO5/c1-3-5-7-9-11-13-14-15-16-17-19-23-26-29-32-36-40-44-48-52-58(63)64-53-49-45-41-37-33-30-27-24-21-18-20-22-25-28-31-35-39-43-47-51-57(62)59-55(54-60)56(61)50-46-42-38-34-12-10-8-6-4-2/h18,20,46,50,55-56,60-61H,3-17,19,21-45,47-49,51-54H2,1-2H3,(H,59,62)/b20-18-,50-46+. The van der Waals surface area contributed by atoms with E-state index in [0.29, 0.717) is 19.4 Å². The molecule has 0 rings (SSSR count). The monoisotopic (exact) mass is 902 g/mol. The third-order valence-electron chi connectivity index (χ3n) is 13.2. The second kappa shape index (κ2) is 54.0. The first-order chi connectivity index (χ1) is 31.5. The van der Waals surface area contributed by atoms with Crippen LogP contribution in [0.1, 0.15) is 309 Å². The van der Waals surface area contributed by atoms with E-state index in [9.17, 15) is 19.8 Å². The number of hydrogen-bond donors (Lipinski definition) is 3. The van der Waals surface area contributed by atoms with E-state index in [-0.39, 0.29) is 18.5 Å². The van der Waals surface area contributed by atoms with Gasteiger partial charge in [-0.1, -0.05) is 263 Å². The van der Waals surface area contributed by atoms with Crippen molar-refractivity contribution in [3.8, 4) is 0 Å². The molecule has 0 saturated heterocycles. The van der Waals surface area contributed by atoms with Crippen molar-refractivity contribution in [2.75, 3.05) is 13.2 Å². The van der Waals surface area contributed by atoms with E-state index >= 15 is 0 Å². The number of esters is 1. The highest BCUT2D eigenvalue weighted by Gasteiger charge is 2.18. The van der Waals surface area contributed by atoms with E-state index in [1.54, 1.807) is 6.08 Å². The Balaban J connectivity index is 3.39. The van der Waals surface area contributed by atoms with Gasteiger partial charge in [0.25, 0.3) is 0 Å². The highest BCUT2D eigenvalue weighted by Crippen LogP contribution is 2.17. The molecule has 0 fully saturated rings. The molecular weight excluding hydrogens is 791 g/mol. The van der Waals surface area contributed by atoms with Gasteiger partial charge in [0.15, 0.2) is 0 Å². The van der Waals surface area contributed by atoms with Crippen molar-refractivity contribution >= 4 is 11.9 Å². The average Bonchev–Trinajstić information content (AvgIpc) is 3.29. The van der Waals surface area contributed by atoms with Gasteiger partial charge in [-0.3, -0.25) is 9.59 Å². The first-order valence-electron chi connectivity index (χ1n) is 28.6. The van der Waals surface area contributed by atoms with E-state index in [4.69, 9.17) is 4.74 Å². The summed E-state index contributed by atoms with van der Waals surface area (Å²) in [6, 6.07) is -0.632. The molecule has 0 bridgehead atoms. The Labute approximate surface area is 399 Å². The molecule has 0 aromatic heterocycles. The van der Waals surface area contributed by atoms with E-state index in [0.717, 1.165) is 44.9 Å². The number of allylic oxidation sites excluding steroid dienone is 3. The lowest BCUT2D eigenvalue weighted by Gasteiger charge is -2.20. The average molecular weight is 903 g/mol. The highest BCUT2D eigenvalue weighted by molar-refractivity contribution is 5.76. The second-order valence-corrected chi connectivity index (χ2v) is 19.6. The van der Waals surface area contributed by atoms with Crippen LogP contribution in [0.4, 0.5) is 0 Å². The minimum atomic E-state index is -0.848. The maximum atomic E-state index is 12.4. The van der Waals surface area contributed by atoms with Crippen LogP contribution in [0.3, 0.4) is 0 Å². The van der Waals surface area contributed by atoms with Gasteiger partial charge in [0.05, 0.1) is 25.4 Å². The van der Waals surface area contributed by atoms with Crippen LogP contribution in [0.5, 0.6) is 0 Å². The van der Waals surface area contributed by atoms with Crippen molar-refractivity contribution in [2.24, 2.45) is 0 Å². The summed E-state index contributed by atoms with van der Waals surface area (Å²) in [4.78, 5) is 24.5. The van der Waals surface area contributed by atoms with Crippen LogP contribution in [-0.4, -0.2) is 47.4 Å². The number of aliphatic hydroxyl groups excluding tert-OH is 2. The fourth-order valence-electron chi connectivity index (χ4n) is 8.81. The van der Waals surface area contributed by atoms with Gasteiger partial charge in [-0.15, -0.1) is 0 Å². The largest absolute Gasteiger partial charge is 0.466 e. The molecule has 0 aromatic rings. The molecule has 6 nitrogen and oxygen atoms in total. The molecule has 2 atom stereocenters. The highest BCUT2D eigenvalue weighted by atomic mass is 16.5. The smallest absolute Gasteiger partial charge is 0.305 e. The topological polar surface area (TPSA) is 95.9 Å². The van der Waals surface area contributed by atoms with Crippen LogP contribution >= 0.6 is 0 Å². The van der Waals surface area contributed by atoms with E-state index < -0.39 is 12.1 Å². The number of aliphatic hydroxyl groups is 2. The van der Waals surface area contributed by atoms with E-state index in [1.807, 2.05) is 6.08 Å². The number of unbranched alkanes of at least 4 members (excludes halogenated alkanes) is 40. The fraction of sp³-hybridized carbons (Fsp3) is 0.897. The molecule has 0 aromatic carbocycles. The van der Waals surface area contributed by atoms with Gasteiger partial charge in [-0.05, 0) is 57.8 Å². The predicted octanol–water partition coefficient (Wildman–Crippen LogP) is 17.5. The summed E-state index contributed by atoms with van der Waals surface area (Å²) in [5, 5.41) is 22.9. The summed E-state index contributed by atoms with van der Waals surface area (Å²) in [6.07, 6.45) is 65.0. The minimum Gasteiger partial charge on any atom is -0.466 e. The Morgan fingerprint density at radius 3 is 1.11 bits per heavy atom. The molecular formula is C58H111NO5. The SMILES string of the molecule is CCCCCCCCC/C=C/C(O)C(CO)NC(=O)CCCCCCCCC/C=C\CCCCCCCCCCOC(=O)CCCCCCCCCCCCCCCCCCCCC. The number of hydrogen-bond acceptors (Lipinski definition) is 5. The van der Waals surface area contributed by atoms with E-state index in [1.165, 1.54) is 238 Å². The van der Waals surface area contributed by atoms with Gasteiger partial charge in [0.1, 0.15) is 0 Å². The Morgan fingerprint density at radius 1 is 0.422 bits per heavy atom. The van der Waals surface area contributed by atoms with Gasteiger partial charge in [0.2, 0.25) is 5.91 Å². The van der Waals surface area contributed by atoms with Crippen molar-refractivity contribution in [1.29, 1.82) is 0 Å². The van der Waals surface area contributed by atoms with Crippen LogP contribution in [0.25, 0.3) is 0 Å². The van der Waals surface area contributed by atoms with Crippen LogP contribution in [0.15, 0.2) is 24.3 Å². The summed E-state index contributed by atoms with van der Waals surface area (Å²) in [5.74, 6) is -0.0723. The molecule has 1 amide bonds. The molecule has 378 valence electrons. The number of nitrogens with one attached hydrogen (secondary N) is 1. The summed E-state index contributed by atoms with van der Waals surface area (Å²) in [6.45, 7) is 4.87. The van der Waals surface area contributed by atoms with Gasteiger partial charge in [-0.2, -0.15) is 0 Å². The number of amides is 1. The molecule has 0 radical (unpaired) electrons. The maximum absolute atomic E-state index is 12.4. The lowest BCUT2D eigenvalue weighted by Crippen LogP contribution is -2.45. The molecule has 0 aliphatic heterocycles. The zero-order chi connectivity index (χ0) is 46.5. The summed E-state index contributed by atoms with van der Waals surface area (Å²) < 4.78 is 5.49. The lowest BCUT2D eigenvalue weighted by molar-refractivity contribution is -0.143. The lowest BCUT2D eigenvalue weighted by atomic mass is 10.0. The molecule has 0 saturated carbocycles. The molecule has 0 aliphatic rings. The molecule has 6 heteroatoms. The van der Waals surface area contributed by atoms with Crippen molar-refractivity contribution < 1.29 is 24.5 Å². The van der Waals surface area contributed by atoms with Crippen LogP contribution < -0.4 is 5.32 Å². The van der Waals surface area contributed by atoms with Crippen LogP contribution in [0, 0.1) is 0 Å². The Bertz CT molecular complexity index is 997. The Kier molecular flexibility index (Phi) is 52.6. The first kappa shape index (κ1) is 62.3. The quantitative estimate of drug-likeness (QED) is 0.0321. The summed E-state index contributed by atoms with van der Waals surface area (Å²) in [7, 11) is 0. The van der Waals surface area contributed by atoms with Gasteiger partial charge < -0.3 is 20.3 Å². The van der Waals surface area contributed by atoms with Crippen LogP contribution in [0.2, 0.25) is 0 Å².